The van der Waals surface area contributed by atoms with Gasteiger partial charge in [-0.15, -0.1) is 0 Å². The van der Waals surface area contributed by atoms with Gasteiger partial charge in [0.05, 0.1) is 10.6 Å². The van der Waals surface area contributed by atoms with Crippen molar-refractivity contribution in [2.75, 3.05) is 12.3 Å². The van der Waals surface area contributed by atoms with E-state index in [2.05, 4.69) is 5.32 Å². The number of benzene rings is 1. The molecule has 3 nitrogen and oxygen atoms in total. The van der Waals surface area contributed by atoms with Gasteiger partial charge in [0.15, 0.2) is 9.84 Å². The van der Waals surface area contributed by atoms with Crippen molar-refractivity contribution in [3.8, 4) is 0 Å². The van der Waals surface area contributed by atoms with Crippen LogP contribution in [0, 0.1) is 0 Å². The number of hydrogen-bond acceptors (Lipinski definition) is 3. The highest BCUT2D eigenvalue weighted by Crippen LogP contribution is 2.11. The fourth-order valence-electron chi connectivity index (χ4n) is 1.53. The average Bonchev–Trinajstić information content (AvgIpc) is 2.28. The Morgan fingerprint density at radius 3 is 2.44 bits per heavy atom. The molecule has 0 bridgehead atoms. The lowest BCUT2D eigenvalue weighted by Crippen LogP contribution is -2.27. The fraction of sp³-hybridized carbons (Fsp3) is 0.500. The number of nitrogens with one attached hydrogen (secondary N) is 1. The summed E-state index contributed by atoms with van der Waals surface area (Å²) in [5, 5.41) is 3.21. The van der Waals surface area contributed by atoms with E-state index in [0.717, 1.165) is 6.54 Å². The van der Waals surface area contributed by atoms with Crippen LogP contribution in [0.5, 0.6) is 0 Å². The van der Waals surface area contributed by atoms with E-state index >= 15 is 0 Å². The van der Waals surface area contributed by atoms with Gasteiger partial charge >= 0.3 is 0 Å². The second-order valence-corrected chi connectivity index (χ2v) is 5.99. The van der Waals surface area contributed by atoms with E-state index in [1.54, 1.807) is 24.3 Å². The van der Waals surface area contributed by atoms with Crippen LogP contribution in [0.2, 0.25) is 0 Å². The maximum absolute atomic E-state index is 11.9. The summed E-state index contributed by atoms with van der Waals surface area (Å²) in [6, 6.07) is 8.85. The molecule has 0 aliphatic carbocycles. The summed E-state index contributed by atoms with van der Waals surface area (Å²) in [6.45, 7) is 4.89. The number of rotatable bonds is 6. The van der Waals surface area contributed by atoms with E-state index in [0.29, 0.717) is 11.3 Å². The lowest BCUT2D eigenvalue weighted by atomic mass is 10.3. The Kier molecular flexibility index (Phi) is 4.96. The quantitative estimate of drug-likeness (QED) is 0.826. The van der Waals surface area contributed by atoms with Crippen molar-refractivity contribution < 1.29 is 8.42 Å². The first-order valence-corrected chi connectivity index (χ1v) is 7.22. The molecule has 90 valence electrons. The minimum atomic E-state index is -3.11. The van der Waals surface area contributed by atoms with Gasteiger partial charge in [-0.25, -0.2) is 8.42 Å². The molecule has 0 saturated carbocycles. The summed E-state index contributed by atoms with van der Waals surface area (Å²) >= 11 is 0. The highest BCUT2D eigenvalue weighted by Gasteiger charge is 2.14. The van der Waals surface area contributed by atoms with Gasteiger partial charge in [0.2, 0.25) is 0 Å². The summed E-state index contributed by atoms with van der Waals surface area (Å²) in [4.78, 5) is 0.415. The standard InChI is InChI=1S/C12H19NO2S/c1-3-13-11(2)9-10-16(14,15)12-7-5-4-6-8-12/h4-8,11,13H,3,9-10H2,1-2H3. The topological polar surface area (TPSA) is 46.2 Å². The van der Waals surface area contributed by atoms with Crippen molar-refractivity contribution in [1.82, 2.24) is 5.32 Å². The first-order chi connectivity index (χ1) is 7.56. The molecule has 1 atom stereocenters. The molecule has 1 aromatic rings. The monoisotopic (exact) mass is 241 g/mol. The van der Waals surface area contributed by atoms with Crippen LogP contribution in [-0.4, -0.2) is 26.8 Å². The molecule has 16 heavy (non-hydrogen) atoms. The number of sulfone groups is 1. The fourth-order valence-corrected chi connectivity index (χ4v) is 3.00. The molecule has 4 heteroatoms. The Labute approximate surface area is 97.8 Å². The molecular formula is C12H19NO2S. The Hall–Kier alpha value is -0.870. The molecule has 1 aromatic carbocycles. The first-order valence-electron chi connectivity index (χ1n) is 5.57. The van der Waals surface area contributed by atoms with Crippen LogP contribution in [0.4, 0.5) is 0 Å². The van der Waals surface area contributed by atoms with Crippen molar-refractivity contribution in [3.05, 3.63) is 30.3 Å². The van der Waals surface area contributed by atoms with Gasteiger partial charge in [0.25, 0.3) is 0 Å². The molecule has 0 fully saturated rings. The summed E-state index contributed by atoms with van der Waals surface area (Å²) in [5.41, 5.74) is 0. The molecule has 1 rings (SSSR count). The van der Waals surface area contributed by atoms with Gasteiger partial charge < -0.3 is 5.32 Å². The lowest BCUT2D eigenvalue weighted by Gasteiger charge is -2.12. The zero-order valence-corrected chi connectivity index (χ0v) is 10.6. The van der Waals surface area contributed by atoms with Gasteiger partial charge in [-0.3, -0.25) is 0 Å². The SMILES string of the molecule is CCNC(C)CCS(=O)(=O)c1ccccc1. The van der Waals surface area contributed by atoms with Crippen LogP contribution in [0.15, 0.2) is 35.2 Å². The van der Waals surface area contributed by atoms with Gasteiger partial charge in [0.1, 0.15) is 0 Å². The third-order valence-electron chi connectivity index (χ3n) is 2.47. The minimum absolute atomic E-state index is 0.200. The van der Waals surface area contributed by atoms with E-state index in [4.69, 9.17) is 0 Å². The van der Waals surface area contributed by atoms with Crippen molar-refractivity contribution >= 4 is 9.84 Å². The molecule has 0 aliphatic rings. The molecule has 0 aliphatic heterocycles. The molecule has 1 N–H and O–H groups in total. The molecule has 0 aromatic heterocycles. The Bertz CT molecular complexity index is 400. The highest BCUT2D eigenvalue weighted by atomic mass is 32.2. The first kappa shape index (κ1) is 13.2. The molecule has 0 saturated heterocycles. The maximum Gasteiger partial charge on any atom is 0.178 e. The van der Waals surface area contributed by atoms with Crippen molar-refractivity contribution in [1.29, 1.82) is 0 Å². The van der Waals surface area contributed by atoms with Crippen LogP contribution >= 0.6 is 0 Å². The summed E-state index contributed by atoms with van der Waals surface area (Å²) < 4.78 is 23.8. The van der Waals surface area contributed by atoms with Crippen LogP contribution in [0.3, 0.4) is 0 Å². The highest BCUT2D eigenvalue weighted by molar-refractivity contribution is 7.91. The Morgan fingerprint density at radius 2 is 1.88 bits per heavy atom. The van der Waals surface area contributed by atoms with Gasteiger partial charge in [-0.1, -0.05) is 25.1 Å². The lowest BCUT2D eigenvalue weighted by molar-refractivity contribution is 0.541. The summed E-state index contributed by atoms with van der Waals surface area (Å²) in [6.07, 6.45) is 0.644. The molecule has 0 radical (unpaired) electrons. The molecule has 1 unspecified atom stereocenters. The van der Waals surface area contributed by atoms with E-state index in [1.165, 1.54) is 0 Å². The van der Waals surface area contributed by atoms with Crippen LogP contribution in [-0.2, 0) is 9.84 Å². The van der Waals surface area contributed by atoms with Gasteiger partial charge in [-0.05, 0) is 32.0 Å². The smallest absolute Gasteiger partial charge is 0.178 e. The van der Waals surface area contributed by atoms with E-state index in [1.807, 2.05) is 19.9 Å². The maximum atomic E-state index is 11.9. The Balaban J connectivity index is 2.60. The number of hydrogen-bond donors (Lipinski definition) is 1. The second-order valence-electron chi connectivity index (χ2n) is 3.88. The predicted octanol–water partition coefficient (Wildman–Crippen LogP) is 1.85. The van der Waals surface area contributed by atoms with Gasteiger partial charge in [0, 0.05) is 6.04 Å². The normalized spacial score (nSPS) is 13.6. The predicted molar refractivity (Wildman–Crippen MR) is 66.3 cm³/mol. The zero-order chi connectivity index (χ0) is 12.0. The molecular weight excluding hydrogens is 222 g/mol. The second kappa shape index (κ2) is 6.01. The summed E-state index contributed by atoms with van der Waals surface area (Å²) in [5.74, 6) is 0.200. The third-order valence-corrected chi connectivity index (χ3v) is 4.24. The molecule has 0 heterocycles. The average molecular weight is 241 g/mol. The largest absolute Gasteiger partial charge is 0.314 e. The van der Waals surface area contributed by atoms with Crippen LogP contribution in [0.1, 0.15) is 20.3 Å². The Morgan fingerprint density at radius 1 is 1.25 bits per heavy atom. The van der Waals surface area contributed by atoms with E-state index in [9.17, 15) is 8.42 Å². The van der Waals surface area contributed by atoms with Crippen molar-refractivity contribution in [3.63, 3.8) is 0 Å². The molecule has 0 amide bonds. The minimum Gasteiger partial charge on any atom is -0.314 e. The van der Waals surface area contributed by atoms with Gasteiger partial charge in [-0.2, -0.15) is 0 Å². The zero-order valence-electron chi connectivity index (χ0n) is 9.81. The van der Waals surface area contributed by atoms with Crippen LogP contribution < -0.4 is 5.32 Å². The van der Waals surface area contributed by atoms with Crippen LogP contribution in [0.25, 0.3) is 0 Å². The van der Waals surface area contributed by atoms with E-state index in [-0.39, 0.29) is 11.8 Å². The van der Waals surface area contributed by atoms with Crippen molar-refractivity contribution in [2.24, 2.45) is 0 Å². The molecule has 0 spiro atoms. The third kappa shape index (κ3) is 3.94. The summed E-state index contributed by atoms with van der Waals surface area (Å²) in [7, 11) is -3.11. The van der Waals surface area contributed by atoms with E-state index < -0.39 is 9.84 Å². The van der Waals surface area contributed by atoms with Crippen molar-refractivity contribution in [2.45, 2.75) is 31.2 Å².